The summed E-state index contributed by atoms with van der Waals surface area (Å²) in [5.41, 5.74) is 1.48. The number of nitro groups is 1. The molecule has 0 spiro atoms. The zero-order chi connectivity index (χ0) is 16.6. The molecular weight excluding hydrogens is 294 g/mol. The molecule has 116 valence electrons. The van der Waals surface area contributed by atoms with Gasteiger partial charge in [0.05, 0.1) is 16.1 Å². The second-order valence-electron chi connectivity index (χ2n) is 5.53. The molecule has 0 aliphatic carbocycles. The van der Waals surface area contributed by atoms with Crippen LogP contribution in [-0.4, -0.2) is 14.5 Å². The molecule has 0 amide bonds. The van der Waals surface area contributed by atoms with Crippen LogP contribution in [0.25, 0.3) is 22.2 Å². The van der Waals surface area contributed by atoms with Gasteiger partial charge in [-0.25, -0.2) is 4.79 Å². The van der Waals surface area contributed by atoms with E-state index in [1.54, 1.807) is 10.6 Å². The molecule has 0 bridgehead atoms. The summed E-state index contributed by atoms with van der Waals surface area (Å²) in [6.45, 7) is 3.76. The third-order valence-electron chi connectivity index (χ3n) is 3.68. The maximum Gasteiger partial charge on any atom is 0.348 e. The van der Waals surface area contributed by atoms with Gasteiger partial charge in [-0.1, -0.05) is 30.3 Å². The third kappa shape index (κ3) is 2.59. The Labute approximate surface area is 132 Å². The minimum atomic E-state index is -0.445. The molecule has 3 aromatic rings. The van der Waals surface area contributed by atoms with E-state index < -0.39 is 4.92 Å². The summed E-state index contributed by atoms with van der Waals surface area (Å²) in [4.78, 5) is 27.2. The van der Waals surface area contributed by atoms with E-state index in [9.17, 15) is 14.9 Å². The van der Waals surface area contributed by atoms with E-state index in [2.05, 4.69) is 4.98 Å². The van der Waals surface area contributed by atoms with E-state index in [0.717, 1.165) is 5.56 Å². The standard InChI is InChI=1S/C17H15N3O3/c1-11(2)19-15-9-8-13(20(22)23)10-14(15)16(18-17(19)21)12-6-4-3-5-7-12/h3-11H,1-2H3. The highest BCUT2D eigenvalue weighted by Gasteiger charge is 2.17. The fourth-order valence-electron chi connectivity index (χ4n) is 2.67. The average molecular weight is 309 g/mol. The lowest BCUT2D eigenvalue weighted by Crippen LogP contribution is -2.25. The van der Waals surface area contributed by atoms with Crippen molar-refractivity contribution < 1.29 is 4.92 Å². The van der Waals surface area contributed by atoms with E-state index >= 15 is 0 Å². The van der Waals surface area contributed by atoms with Gasteiger partial charge < -0.3 is 0 Å². The Morgan fingerprint density at radius 2 is 1.83 bits per heavy atom. The van der Waals surface area contributed by atoms with Gasteiger partial charge in [0.25, 0.3) is 5.69 Å². The Morgan fingerprint density at radius 3 is 2.43 bits per heavy atom. The van der Waals surface area contributed by atoms with Crippen molar-refractivity contribution >= 4 is 16.6 Å². The fourth-order valence-corrected chi connectivity index (χ4v) is 2.67. The topological polar surface area (TPSA) is 78.0 Å². The first kappa shape index (κ1) is 14.9. The number of fused-ring (bicyclic) bond motifs is 1. The minimum Gasteiger partial charge on any atom is -0.289 e. The van der Waals surface area contributed by atoms with Crippen molar-refractivity contribution in [2.75, 3.05) is 0 Å². The Kier molecular flexibility index (Phi) is 3.65. The summed E-state index contributed by atoms with van der Waals surface area (Å²) in [7, 11) is 0. The second-order valence-corrected chi connectivity index (χ2v) is 5.53. The molecule has 0 aliphatic rings. The monoisotopic (exact) mass is 309 g/mol. The highest BCUT2D eigenvalue weighted by molar-refractivity contribution is 5.93. The molecule has 0 saturated carbocycles. The van der Waals surface area contributed by atoms with E-state index in [4.69, 9.17) is 0 Å². The van der Waals surface area contributed by atoms with Gasteiger partial charge in [-0.05, 0) is 19.9 Å². The van der Waals surface area contributed by atoms with Crippen LogP contribution in [0.3, 0.4) is 0 Å². The van der Waals surface area contributed by atoms with Gasteiger partial charge in [0.2, 0.25) is 0 Å². The number of non-ortho nitro benzene ring substituents is 1. The zero-order valence-electron chi connectivity index (χ0n) is 12.8. The van der Waals surface area contributed by atoms with Crippen molar-refractivity contribution in [1.82, 2.24) is 9.55 Å². The van der Waals surface area contributed by atoms with E-state index in [-0.39, 0.29) is 17.4 Å². The molecule has 6 heteroatoms. The van der Waals surface area contributed by atoms with Crippen LogP contribution in [0.15, 0.2) is 53.3 Å². The summed E-state index contributed by atoms with van der Waals surface area (Å²) in [5, 5.41) is 11.7. The molecule has 0 fully saturated rings. The van der Waals surface area contributed by atoms with Gasteiger partial charge in [0, 0.05) is 29.1 Å². The Bertz CT molecular complexity index is 946. The van der Waals surface area contributed by atoms with Crippen LogP contribution in [0.4, 0.5) is 5.69 Å². The number of rotatable bonds is 3. The zero-order valence-corrected chi connectivity index (χ0v) is 12.8. The minimum absolute atomic E-state index is 0.0227. The SMILES string of the molecule is CC(C)n1c(=O)nc(-c2ccccc2)c2cc([N+](=O)[O-])ccc21. The lowest BCUT2D eigenvalue weighted by Gasteiger charge is -2.15. The average Bonchev–Trinajstić information content (AvgIpc) is 2.54. The molecule has 3 rings (SSSR count). The lowest BCUT2D eigenvalue weighted by molar-refractivity contribution is -0.384. The van der Waals surface area contributed by atoms with Crippen LogP contribution >= 0.6 is 0 Å². The summed E-state index contributed by atoms with van der Waals surface area (Å²) in [5.74, 6) is 0. The van der Waals surface area contributed by atoms with Gasteiger partial charge in [-0.3, -0.25) is 14.7 Å². The summed E-state index contributed by atoms with van der Waals surface area (Å²) in [6, 6.07) is 13.6. The third-order valence-corrected chi connectivity index (χ3v) is 3.68. The van der Waals surface area contributed by atoms with E-state index in [0.29, 0.717) is 16.6 Å². The molecule has 0 N–H and O–H groups in total. The number of hydrogen-bond donors (Lipinski definition) is 0. The van der Waals surface area contributed by atoms with Crippen molar-refractivity contribution in [3.63, 3.8) is 0 Å². The highest BCUT2D eigenvalue weighted by atomic mass is 16.6. The predicted molar refractivity (Wildman–Crippen MR) is 88.5 cm³/mol. The second kappa shape index (κ2) is 5.64. The Hall–Kier alpha value is -3.02. The lowest BCUT2D eigenvalue weighted by atomic mass is 10.1. The number of nitrogens with zero attached hydrogens (tertiary/aromatic N) is 3. The maximum atomic E-state index is 12.4. The van der Waals surface area contributed by atoms with Crippen LogP contribution in [0.2, 0.25) is 0 Å². The summed E-state index contributed by atoms with van der Waals surface area (Å²) in [6.07, 6.45) is 0. The molecule has 0 atom stereocenters. The number of nitro benzene ring substituents is 1. The molecule has 1 aromatic heterocycles. The van der Waals surface area contributed by atoms with Crippen molar-refractivity contribution in [2.45, 2.75) is 19.9 Å². The van der Waals surface area contributed by atoms with Crippen molar-refractivity contribution in [1.29, 1.82) is 0 Å². The fraction of sp³-hybridized carbons (Fsp3) is 0.176. The first-order valence-corrected chi connectivity index (χ1v) is 7.25. The highest BCUT2D eigenvalue weighted by Crippen LogP contribution is 2.29. The summed E-state index contributed by atoms with van der Waals surface area (Å²) < 4.78 is 1.55. The molecule has 0 aliphatic heterocycles. The molecule has 0 unspecified atom stereocenters. The van der Waals surface area contributed by atoms with Crippen LogP contribution in [-0.2, 0) is 0 Å². The Morgan fingerprint density at radius 1 is 1.13 bits per heavy atom. The smallest absolute Gasteiger partial charge is 0.289 e. The number of hydrogen-bond acceptors (Lipinski definition) is 4. The van der Waals surface area contributed by atoms with Crippen molar-refractivity contribution in [3.05, 3.63) is 69.1 Å². The van der Waals surface area contributed by atoms with Gasteiger partial charge in [-0.15, -0.1) is 0 Å². The van der Waals surface area contributed by atoms with Gasteiger partial charge in [-0.2, -0.15) is 4.98 Å². The molecule has 1 heterocycles. The normalized spacial score (nSPS) is 11.1. The Balaban J connectivity index is 2.44. The van der Waals surface area contributed by atoms with Gasteiger partial charge >= 0.3 is 5.69 Å². The molecule has 23 heavy (non-hydrogen) atoms. The van der Waals surface area contributed by atoms with Crippen molar-refractivity contribution in [2.24, 2.45) is 0 Å². The number of benzene rings is 2. The largest absolute Gasteiger partial charge is 0.348 e. The molecular formula is C17H15N3O3. The van der Waals surface area contributed by atoms with E-state index in [1.807, 2.05) is 44.2 Å². The van der Waals surface area contributed by atoms with Crippen molar-refractivity contribution in [3.8, 4) is 11.3 Å². The van der Waals surface area contributed by atoms with Crippen LogP contribution in [0.5, 0.6) is 0 Å². The maximum absolute atomic E-state index is 12.4. The van der Waals surface area contributed by atoms with Crippen LogP contribution in [0.1, 0.15) is 19.9 Å². The van der Waals surface area contributed by atoms with E-state index in [1.165, 1.54) is 12.1 Å². The predicted octanol–water partition coefficient (Wildman–Crippen LogP) is 3.55. The quantitative estimate of drug-likeness (QED) is 0.547. The molecule has 0 saturated heterocycles. The summed E-state index contributed by atoms with van der Waals surface area (Å²) >= 11 is 0. The first-order valence-electron chi connectivity index (χ1n) is 7.25. The first-order chi connectivity index (χ1) is 11.0. The van der Waals surface area contributed by atoms with Gasteiger partial charge in [0.1, 0.15) is 0 Å². The van der Waals surface area contributed by atoms with Crippen LogP contribution < -0.4 is 5.69 Å². The molecule has 0 radical (unpaired) electrons. The number of aromatic nitrogens is 2. The van der Waals surface area contributed by atoms with Crippen LogP contribution in [0, 0.1) is 10.1 Å². The molecule has 2 aromatic carbocycles. The molecule has 6 nitrogen and oxygen atoms in total. The van der Waals surface area contributed by atoms with Gasteiger partial charge in [0.15, 0.2) is 0 Å².